The molecule has 1 N–H and O–H groups in total. The van der Waals surface area contributed by atoms with Gasteiger partial charge in [-0.15, -0.1) is 11.6 Å². The highest BCUT2D eigenvalue weighted by atomic mass is 35.5. The van der Waals surface area contributed by atoms with Crippen LogP contribution < -0.4 is 0 Å². The molecule has 0 aliphatic carbocycles. The van der Waals surface area contributed by atoms with Crippen LogP contribution in [-0.4, -0.2) is 11.0 Å². The molecule has 2 aromatic carbocycles. The van der Waals surface area contributed by atoms with Crippen LogP contribution in [0, 0.1) is 0 Å². The highest BCUT2D eigenvalue weighted by Crippen LogP contribution is 2.31. The maximum Gasteiger partial charge on any atom is 0.128 e. The Bertz CT molecular complexity index is 481. The summed E-state index contributed by atoms with van der Waals surface area (Å²) >= 11 is 11.8. The lowest BCUT2D eigenvalue weighted by Crippen LogP contribution is -2.29. The van der Waals surface area contributed by atoms with Crippen LogP contribution in [0.15, 0.2) is 54.6 Å². The Kier molecular flexibility index (Phi) is 3.72. The molecule has 0 saturated carbocycles. The second-order valence-corrected chi connectivity index (χ2v) is 4.57. The molecule has 0 fully saturated rings. The molecule has 2 rings (SSSR count). The van der Waals surface area contributed by atoms with Crippen LogP contribution in [0.3, 0.4) is 0 Å². The second-order valence-electron chi connectivity index (χ2n) is 3.87. The summed E-state index contributed by atoms with van der Waals surface area (Å²) in [5.41, 5.74) is 0.341. The number of hydrogen-bond acceptors (Lipinski definition) is 1. The summed E-state index contributed by atoms with van der Waals surface area (Å²) in [6.45, 7) is 0. The second kappa shape index (κ2) is 5.09. The van der Waals surface area contributed by atoms with Gasteiger partial charge in [0.2, 0.25) is 0 Å². The molecule has 0 saturated heterocycles. The van der Waals surface area contributed by atoms with E-state index < -0.39 is 5.60 Å². The van der Waals surface area contributed by atoms with Crippen molar-refractivity contribution in [2.75, 3.05) is 5.88 Å². The first-order chi connectivity index (χ1) is 8.16. The molecule has 0 radical (unpaired) electrons. The largest absolute Gasteiger partial charge is 0.379 e. The summed E-state index contributed by atoms with van der Waals surface area (Å²) in [4.78, 5) is 0. The molecule has 3 heteroatoms. The third-order valence-corrected chi connectivity index (χ3v) is 3.41. The molecular formula is C14H12Cl2O. The molecule has 1 unspecified atom stereocenters. The van der Waals surface area contributed by atoms with Crippen molar-refractivity contribution < 1.29 is 5.11 Å². The van der Waals surface area contributed by atoms with Crippen molar-refractivity contribution in [3.8, 4) is 0 Å². The monoisotopic (exact) mass is 266 g/mol. The number of hydrogen-bond donors (Lipinski definition) is 1. The van der Waals surface area contributed by atoms with E-state index in [1.165, 1.54) is 0 Å². The fourth-order valence-electron chi connectivity index (χ4n) is 1.76. The third-order valence-electron chi connectivity index (χ3n) is 2.77. The topological polar surface area (TPSA) is 20.2 Å². The van der Waals surface area contributed by atoms with E-state index >= 15 is 0 Å². The van der Waals surface area contributed by atoms with E-state index in [0.29, 0.717) is 5.02 Å². The van der Waals surface area contributed by atoms with E-state index in [1.54, 1.807) is 24.3 Å². The molecule has 1 atom stereocenters. The van der Waals surface area contributed by atoms with E-state index in [2.05, 4.69) is 0 Å². The highest BCUT2D eigenvalue weighted by Gasteiger charge is 2.30. The van der Waals surface area contributed by atoms with Gasteiger partial charge in [-0.05, 0) is 23.3 Å². The lowest BCUT2D eigenvalue weighted by molar-refractivity contribution is 0.106. The molecule has 0 aliphatic heterocycles. The summed E-state index contributed by atoms with van der Waals surface area (Å²) in [5.74, 6) is 0.0959. The Balaban J connectivity index is 2.48. The van der Waals surface area contributed by atoms with Crippen LogP contribution in [-0.2, 0) is 5.60 Å². The molecule has 1 nitrogen and oxygen atoms in total. The van der Waals surface area contributed by atoms with Crippen molar-refractivity contribution in [3.63, 3.8) is 0 Å². The van der Waals surface area contributed by atoms with Crippen molar-refractivity contribution in [1.82, 2.24) is 0 Å². The fraction of sp³-hybridized carbons (Fsp3) is 0.143. The van der Waals surface area contributed by atoms with Gasteiger partial charge >= 0.3 is 0 Å². The summed E-state index contributed by atoms with van der Waals surface area (Å²) in [5, 5.41) is 11.3. The van der Waals surface area contributed by atoms with Crippen molar-refractivity contribution >= 4 is 23.2 Å². The van der Waals surface area contributed by atoms with Gasteiger partial charge in [-0.25, -0.2) is 0 Å². The molecule has 0 aliphatic rings. The maximum absolute atomic E-state index is 10.7. The Morgan fingerprint density at radius 3 is 1.94 bits per heavy atom. The van der Waals surface area contributed by atoms with E-state index in [-0.39, 0.29) is 5.88 Å². The minimum Gasteiger partial charge on any atom is -0.379 e. The van der Waals surface area contributed by atoms with Crippen LogP contribution in [0.1, 0.15) is 11.1 Å². The Morgan fingerprint density at radius 1 is 0.882 bits per heavy atom. The minimum absolute atomic E-state index is 0.0959. The van der Waals surface area contributed by atoms with E-state index in [4.69, 9.17) is 23.2 Å². The van der Waals surface area contributed by atoms with Crippen molar-refractivity contribution in [3.05, 3.63) is 70.7 Å². The number of halogens is 2. The van der Waals surface area contributed by atoms with Gasteiger partial charge in [-0.1, -0.05) is 54.1 Å². The quantitative estimate of drug-likeness (QED) is 0.838. The molecule has 17 heavy (non-hydrogen) atoms. The zero-order valence-electron chi connectivity index (χ0n) is 9.11. The summed E-state index contributed by atoms with van der Waals surface area (Å²) in [6, 6.07) is 16.4. The molecule has 0 amide bonds. The van der Waals surface area contributed by atoms with Gasteiger partial charge in [0.1, 0.15) is 5.60 Å². The SMILES string of the molecule is OC(CCl)(c1ccccc1)c1ccc(Cl)cc1. The lowest BCUT2D eigenvalue weighted by Gasteiger charge is -2.27. The number of rotatable bonds is 3. The number of benzene rings is 2. The molecule has 2 aromatic rings. The van der Waals surface area contributed by atoms with E-state index in [0.717, 1.165) is 11.1 Å². The van der Waals surface area contributed by atoms with Gasteiger partial charge in [0.25, 0.3) is 0 Å². The zero-order chi connectivity index (χ0) is 12.3. The van der Waals surface area contributed by atoms with Crippen LogP contribution in [0.2, 0.25) is 5.02 Å². The summed E-state index contributed by atoms with van der Waals surface area (Å²) < 4.78 is 0. The Morgan fingerprint density at radius 2 is 1.41 bits per heavy atom. The zero-order valence-corrected chi connectivity index (χ0v) is 10.6. The fourth-order valence-corrected chi connectivity index (χ4v) is 2.20. The first-order valence-electron chi connectivity index (χ1n) is 5.27. The number of alkyl halides is 1. The standard InChI is InChI=1S/C14H12Cl2O/c15-10-14(17,11-4-2-1-3-5-11)12-6-8-13(16)9-7-12/h1-9,17H,10H2. The molecule has 0 bridgehead atoms. The van der Waals surface area contributed by atoms with Crippen LogP contribution in [0.25, 0.3) is 0 Å². The molecule has 0 aromatic heterocycles. The lowest BCUT2D eigenvalue weighted by atomic mass is 9.88. The van der Waals surface area contributed by atoms with E-state index in [9.17, 15) is 5.11 Å². The summed E-state index contributed by atoms with van der Waals surface area (Å²) in [7, 11) is 0. The Labute approximate surface area is 111 Å². The van der Waals surface area contributed by atoms with Crippen LogP contribution >= 0.6 is 23.2 Å². The first kappa shape index (κ1) is 12.4. The van der Waals surface area contributed by atoms with Gasteiger partial charge in [-0.2, -0.15) is 0 Å². The molecular weight excluding hydrogens is 255 g/mol. The van der Waals surface area contributed by atoms with E-state index in [1.807, 2.05) is 30.3 Å². The van der Waals surface area contributed by atoms with Gasteiger partial charge in [0.15, 0.2) is 0 Å². The number of aliphatic hydroxyl groups is 1. The summed E-state index contributed by atoms with van der Waals surface area (Å²) in [6.07, 6.45) is 0. The average Bonchev–Trinajstić information content (AvgIpc) is 2.40. The van der Waals surface area contributed by atoms with Crippen LogP contribution in [0.4, 0.5) is 0 Å². The molecule has 0 heterocycles. The van der Waals surface area contributed by atoms with Gasteiger partial charge in [0.05, 0.1) is 5.88 Å². The molecule has 0 spiro atoms. The smallest absolute Gasteiger partial charge is 0.128 e. The normalized spacial score (nSPS) is 14.3. The highest BCUT2D eigenvalue weighted by molar-refractivity contribution is 6.30. The van der Waals surface area contributed by atoms with Crippen LogP contribution in [0.5, 0.6) is 0 Å². The molecule has 88 valence electrons. The predicted molar refractivity (Wildman–Crippen MR) is 71.6 cm³/mol. The third kappa shape index (κ3) is 2.47. The van der Waals surface area contributed by atoms with Gasteiger partial charge in [-0.3, -0.25) is 0 Å². The predicted octanol–water partition coefficient (Wildman–Crippen LogP) is 3.81. The van der Waals surface area contributed by atoms with Gasteiger partial charge < -0.3 is 5.11 Å². The maximum atomic E-state index is 10.7. The minimum atomic E-state index is -1.17. The van der Waals surface area contributed by atoms with Gasteiger partial charge in [0, 0.05) is 5.02 Å². The van der Waals surface area contributed by atoms with Crippen molar-refractivity contribution in [2.45, 2.75) is 5.60 Å². The Hall–Kier alpha value is -1.02. The van der Waals surface area contributed by atoms with Crippen molar-refractivity contribution in [1.29, 1.82) is 0 Å². The average molecular weight is 267 g/mol. The first-order valence-corrected chi connectivity index (χ1v) is 6.18. The van der Waals surface area contributed by atoms with Crippen molar-refractivity contribution in [2.24, 2.45) is 0 Å².